The minimum atomic E-state index is -0.604. The lowest BCUT2D eigenvalue weighted by molar-refractivity contribution is -0.137. The Morgan fingerprint density at radius 1 is 0.750 bits per heavy atom. The Morgan fingerprint density at radius 3 is 2.06 bits per heavy atom. The average Bonchev–Trinajstić information content (AvgIpc) is 3.19. The highest BCUT2D eigenvalue weighted by Crippen LogP contribution is 2.55. The number of amides is 2. The van der Waals surface area contributed by atoms with E-state index < -0.39 is 5.41 Å². The van der Waals surface area contributed by atoms with E-state index in [1.165, 1.54) is 0 Å². The standard InChI is InChI=1S/C43H50N4O5/c1-43(2)40(47(41(43)48)37-16-10-11-17-38(37)51-30-33-12-6-4-7-13-33)36-19-18-35(28-39(36)50-3)45-22-20-32(21-23-45)29-44-24-26-46(27-25-44)42(49)52-31-34-14-8-5-9-15-34/h4-19,28,32,40H,20-27,29-31H2,1-3H3/t40-/m0/s1. The number of carbonyl (C=O) groups excluding carboxylic acids is 2. The van der Waals surface area contributed by atoms with E-state index in [2.05, 4.69) is 28.0 Å². The first-order valence-electron chi connectivity index (χ1n) is 18.5. The van der Waals surface area contributed by atoms with Crippen LogP contribution in [0.25, 0.3) is 0 Å². The number of methoxy groups -OCH3 is 1. The van der Waals surface area contributed by atoms with Crippen LogP contribution >= 0.6 is 0 Å². The fraction of sp³-hybridized carbons (Fsp3) is 0.395. The molecule has 2 amide bonds. The SMILES string of the molecule is COc1cc(N2CCC(CN3CCN(C(=O)OCc4ccccc4)CC3)CC2)ccc1[C@@H]1N(c2ccccc2OCc2ccccc2)C(=O)C1(C)C. The molecule has 0 unspecified atom stereocenters. The first kappa shape index (κ1) is 35.4. The molecule has 3 aliphatic rings. The molecule has 0 bridgehead atoms. The number of para-hydroxylation sites is 2. The first-order valence-corrected chi connectivity index (χ1v) is 18.5. The van der Waals surface area contributed by atoms with Crippen molar-refractivity contribution in [3.63, 3.8) is 0 Å². The van der Waals surface area contributed by atoms with E-state index in [0.29, 0.717) is 38.0 Å². The zero-order chi connectivity index (χ0) is 36.1. The lowest BCUT2D eigenvalue weighted by Gasteiger charge is -2.53. The lowest BCUT2D eigenvalue weighted by atomic mass is 9.70. The third-order valence-electron chi connectivity index (χ3n) is 10.9. The second-order valence-corrected chi connectivity index (χ2v) is 14.7. The minimum absolute atomic E-state index is 0.0610. The molecule has 0 saturated carbocycles. The van der Waals surface area contributed by atoms with Crippen molar-refractivity contribution < 1.29 is 23.8 Å². The van der Waals surface area contributed by atoms with Crippen molar-refractivity contribution in [2.24, 2.45) is 11.3 Å². The number of benzene rings is 4. The minimum Gasteiger partial charge on any atom is -0.496 e. The monoisotopic (exact) mass is 702 g/mol. The summed E-state index contributed by atoms with van der Waals surface area (Å²) in [7, 11) is 1.71. The molecule has 0 N–H and O–H groups in total. The molecule has 0 aromatic heterocycles. The van der Waals surface area contributed by atoms with E-state index in [0.717, 1.165) is 79.4 Å². The molecule has 0 radical (unpaired) electrons. The quantitative estimate of drug-likeness (QED) is 0.149. The molecule has 4 aromatic rings. The van der Waals surface area contributed by atoms with Gasteiger partial charge in [0, 0.05) is 63.1 Å². The van der Waals surface area contributed by atoms with Gasteiger partial charge in [0.25, 0.3) is 0 Å². The van der Waals surface area contributed by atoms with Crippen LogP contribution in [0.1, 0.15) is 49.4 Å². The zero-order valence-electron chi connectivity index (χ0n) is 30.6. The molecule has 3 heterocycles. The smallest absolute Gasteiger partial charge is 0.410 e. The van der Waals surface area contributed by atoms with E-state index in [1.807, 2.05) is 109 Å². The molecule has 0 aliphatic carbocycles. The summed E-state index contributed by atoms with van der Waals surface area (Å²) in [4.78, 5) is 35.0. The number of ether oxygens (including phenoxy) is 3. The van der Waals surface area contributed by atoms with Gasteiger partial charge in [-0.05, 0) is 61.9 Å². The third kappa shape index (κ3) is 7.60. The van der Waals surface area contributed by atoms with Crippen LogP contribution in [0.15, 0.2) is 103 Å². The largest absolute Gasteiger partial charge is 0.496 e. The van der Waals surface area contributed by atoms with Crippen LogP contribution in [0.5, 0.6) is 11.5 Å². The molecule has 3 fully saturated rings. The molecule has 1 atom stereocenters. The number of hydrogen-bond donors (Lipinski definition) is 0. The van der Waals surface area contributed by atoms with Gasteiger partial charge in [-0.15, -0.1) is 0 Å². The Morgan fingerprint density at radius 2 is 1.38 bits per heavy atom. The van der Waals surface area contributed by atoms with Crippen molar-refractivity contribution in [1.29, 1.82) is 0 Å². The van der Waals surface area contributed by atoms with E-state index in [1.54, 1.807) is 7.11 Å². The maximum absolute atomic E-state index is 13.7. The van der Waals surface area contributed by atoms with Crippen molar-refractivity contribution in [3.8, 4) is 11.5 Å². The Bertz CT molecular complexity index is 1820. The van der Waals surface area contributed by atoms with Crippen LogP contribution < -0.4 is 19.3 Å². The molecule has 3 aliphatic heterocycles. The second kappa shape index (κ2) is 15.7. The van der Waals surface area contributed by atoms with E-state index in [-0.39, 0.29) is 18.0 Å². The van der Waals surface area contributed by atoms with E-state index >= 15 is 0 Å². The Kier molecular flexibility index (Phi) is 10.7. The maximum Gasteiger partial charge on any atom is 0.410 e. The maximum atomic E-state index is 13.7. The van der Waals surface area contributed by atoms with Gasteiger partial charge in [0.1, 0.15) is 24.7 Å². The lowest BCUT2D eigenvalue weighted by Crippen LogP contribution is -2.61. The number of β-lactam (4-membered cyclic amide) rings is 1. The van der Waals surface area contributed by atoms with Crippen molar-refractivity contribution in [3.05, 3.63) is 120 Å². The molecule has 52 heavy (non-hydrogen) atoms. The Labute approximate surface area is 307 Å². The molecule has 272 valence electrons. The van der Waals surface area contributed by atoms with Crippen LogP contribution in [-0.4, -0.2) is 74.7 Å². The van der Waals surface area contributed by atoms with Crippen LogP contribution in [-0.2, 0) is 22.7 Å². The average molecular weight is 703 g/mol. The summed E-state index contributed by atoms with van der Waals surface area (Å²) < 4.78 is 17.9. The number of piperidine rings is 1. The van der Waals surface area contributed by atoms with Gasteiger partial charge in [-0.1, -0.05) is 78.9 Å². The first-order chi connectivity index (χ1) is 25.3. The van der Waals surface area contributed by atoms with Gasteiger partial charge in [-0.25, -0.2) is 4.79 Å². The fourth-order valence-corrected chi connectivity index (χ4v) is 7.88. The number of carbonyl (C=O) groups is 2. The molecule has 7 rings (SSSR count). The van der Waals surface area contributed by atoms with Gasteiger partial charge in [0.05, 0.1) is 24.3 Å². The van der Waals surface area contributed by atoms with Crippen LogP contribution in [0.2, 0.25) is 0 Å². The predicted octanol–water partition coefficient (Wildman–Crippen LogP) is 7.56. The van der Waals surface area contributed by atoms with Crippen molar-refractivity contribution >= 4 is 23.4 Å². The van der Waals surface area contributed by atoms with E-state index in [4.69, 9.17) is 14.2 Å². The predicted molar refractivity (Wildman–Crippen MR) is 204 cm³/mol. The zero-order valence-corrected chi connectivity index (χ0v) is 30.6. The highest BCUT2D eigenvalue weighted by Gasteiger charge is 2.57. The second-order valence-electron chi connectivity index (χ2n) is 14.7. The van der Waals surface area contributed by atoms with E-state index in [9.17, 15) is 9.59 Å². The number of anilines is 2. The molecular weight excluding hydrogens is 652 g/mol. The third-order valence-corrected chi connectivity index (χ3v) is 10.9. The summed E-state index contributed by atoms with van der Waals surface area (Å²) in [6.45, 7) is 10.9. The number of hydrogen-bond acceptors (Lipinski definition) is 7. The van der Waals surface area contributed by atoms with Crippen LogP contribution in [0, 0.1) is 11.3 Å². The summed E-state index contributed by atoms with van der Waals surface area (Å²) in [5.41, 5.74) is 4.37. The van der Waals surface area contributed by atoms with Crippen molar-refractivity contribution in [1.82, 2.24) is 9.80 Å². The highest BCUT2D eigenvalue weighted by atomic mass is 16.6. The molecular formula is C43H50N4O5. The summed E-state index contributed by atoms with van der Waals surface area (Å²) in [5, 5.41) is 0. The Balaban J connectivity index is 0.946. The molecule has 9 heteroatoms. The van der Waals surface area contributed by atoms with Gasteiger partial charge in [0.15, 0.2) is 0 Å². The summed E-state index contributed by atoms with van der Waals surface area (Å²) >= 11 is 0. The Hall–Kier alpha value is -5.02. The topological polar surface area (TPSA) is 74.8 Å². The summed E-state index contributed by atoms with van der Waals surface area (Å²) in [6.07, 6.45) is 2.00. The fourth-order valence-electron chi connectivity index (χ4n) is 7.88. The summed E-state index contributed by atoms with van der Waals surface area (Å²) in [5.74, 6) is 2.15. The molecule has 3 saturated heterocycles. The van der Waals surface area contributed by atoms with Crippen LogP contribution in [0.3, 0.4) is 0 Å². The van der Waals surface area contributed by atoms with Gasteiger partial charge in [-0.3, -0.25) is 14.6 Å². The summed E-state index contributed by atoms with van der Waals surface area (Å²) in [6, 6.07) is 33.9. The van der Waals surface area contributed by atoms with Crippen molar-refractivity contribution in [2.75, 3.05) is 62.7 Å². The highest BCUT2D eigenvalue weighted by molar-refractivity contribution is 6.07. The number of nitrogens with zero attached hydrogens (tertiary/aromatic N) is 4. The van der Waals surface area contributed by atoms with Crippen molar-refractivity contribution in [2.45, 2.75) is 45.9 Å². The normalized spacial score (nSPS) is 19.2. The molecule has 9 nitrogen and oxygen atoms in total. The molecule has 4 aromatic carbocycles. The van der Waals surface area contributed by atoms with Gasteiger partial charge in [0.2, 0.25) is 5.91 Å². The number of rotatable bonds is 11. The number of piperazine rings is 1. The van der Waals surface area contributed by atoms with Gasteiger partial charge >= 0.3 is 6.09 Å². The van der Waals surface area contributed by atoms with Crippen LogP contribution in [0.4, 0.5) is 16.2 Å². The van der Waals surface area contributed by atoms with Gasteiger partial charge in [-0.2, -0.15) is 0 Å². The van der Waals surface area contributed by atoms with Gasteiger partial charge < -0.3 is 24.0 Å². The molecule has 0 spiro atoms.